The van der Waals surface area contributed by atoms with E-state index >= 15 is 0 Å². The smallest absolute Gasteiger partial charge is 0.123 e. The van der Waals surface area contributed by atoms with Gasteiger partial charge in [0.25, 0.3) is 0 Å². The van der Waals surface area contributed by atoms with Gasteiger partial charge in [0.05, 0.1) is 5.69 Å². The summed E-state index contributed by atoms with van der Waals surface area (Å²) in [6.45, 7) is 4.74. The van der Waals surface area contributed by atoms with Gasteiger partial charge in [-0.3, -0.25) is 0 Å². The molecule has 1 spiro atoms. The molecule has 8 aromatic carbocycles. The summed E-state index contributed by atoms with van der Waals surface area (Å²) in [5, 5.41) is 8.38. The SMILES string of the molecule is CC1(C)c2ccccc2-c2cc(-c3c4ccccc4c(N4c5ccccc5[Si]5(CCCC5)c5ccccc54)c4ccc(-c5ccccc5)cc34)ccc21. The van der Waals surface area contributed by atoms with E-state index in [-0.39, 0.29) is 5.41 Å². The molecule has 53 heavy (non-hydrogen) atoms. The highest BCUT2D eigenvalue weighted by molar-refractivity contribution is 7.05. The first-order valence-corrected chi connectivity index (χ1v) is 21.7. The van der Waals surface area contributed by atoms with Crippen molar-refractivity contribution in [2.45, 2.75) is 44.2 Å². The monoisotopic (exact) mass is 695 g/mol. The van der Waals surface area contributed by atoms with E-state index in [9.17, 15) is 0 Å². The maximum atomic E-state index is 2.65. The van der Waals surface area contributed by atoms with Crippen molar-refractivity contribution in [2.24, 2.45) is 0 Å². The molecule has 0 bridgehead atoms. The first-order chi connectivity index (χ1) is 26.0. The van der Waals surface area contributed by atoms with Crippen LogP contribution in [0.4, 0.5) is 17.1 Å². The van der Waals surface area contributed by atoms with Gasteiger partial charge in [0.1, 0.15) is 8.07 Å². The van der Waals surface area contributed by atoms with Crippen molar-refractivity contribution in [3.05, 3.63) is 175 Å². The molecular formula is C51H41NSi. The van der Waals surface area contributed by atoms with Crippen LogP contribution in [-0.2, 0) is 5.41 Å². The zero-order chi connectivity index (χ0) is 35.3. The van der Waals surface area contributed by atoms with Gasteiger partial charge in [0, 0.05) is 27.6 Å². The van der Waals surface area contributed by atoms with Crippen LogP contribution in [0.1, 0.15) is 37.8 Å². The van der Waals surface area contributed by atoms with Gasteiger partial charge in [-0.25, -0.2) is 0 Å². The molecule has 0 saturated carbocycles. The second-order valence-corrected chi connectivity index (χ2v) is 20.2. The topological polar surface area (TPSA) is 3.24 Å². The minimum Gasteiger partial charge on any atom is -0.309 e. The predicted molar refractivity (Wildman–Crippen MR) is 228 cm³/mol. The van der Waals surface area contributed by atoms with Crippen LogP contribution in [-0.4, -0.2) is 8.07 Å². The first-order valence-electron chi connectivity index (χ1n) is 19.3. The van der Waals surface area contributed by atoms with E-state index in [0.29, 0.717) is 0 Å². The van der Waals surface area contributed by atoms with Crippen LogP contribution in [0.15, 0.2) is 164 Å². The minimum atomic E-state index is -1.88. The Balaban J connectivity index is 1.25. The molecule has 1 aliphatic carbocycles. The van der Waals surface area contributed by atoms with E-state index in [4.69, 9.17) is 0 Å². The van der Waals surface area contributed by atoms with E-state index < -0.39 is 8.07 Å². The number of rotatable bonds is 3. The molecule has 11 rings (SSSR count). The second kappa shape index (κ2) is 11.4. The number of nitrogens with zero attached hydrogens (tertiary/aromatic N) is 1. The minimum absolute atomic E-state index is 0.0338. The number of anilines is 3. The molecule has 0 atom stereocenters. The molecule has 1 saturated heterocycles. The zero-order valence-electron chi connectivity index (χ0n) is 30.4. The third-order valence-electron chi connectivity index (χ3n) is 13.0. The van der Waals surface area contributed by atoms with Gasteiger partial charge in [0.2, 0.25) is 0 Å². The predicted octanol–water partition coefficient (Wildman–Crippen LogP) is 12.8. The van der Waals surface area contributed by atoms with Gasteiger partial charge in [-0.15, -0.1) is 0 Å². The van der Waals surface area contributed by atoms with E-state index in [1.165, 1.54) is 108 Å². The average Bonchev–Trinajstić information content (AvgIpc) is 3.79. The average molecular weight is 696 g/mol. The van der Waals surface area contributed by atoms with E-state index in [2.05, 4.69) is 183 Å². The highest BCUT2D eigenvalue weighted by Gasteiger charge is 2.47. The lowest BCUT2D eigenvalue weighted by Crippen LogP contribution is -2.60. The Morgan fingerprint density at radius 1 is 0.453 bits per heavy atom. The van der Waals surface area contributed by atoms with Crippen LogP contribution >= 0.6 is 0 Å². The number of hydrogen-bond acceptors (Lipinski definition) is 1. The highest BCUT2D eigenvalue weighted by atomic mass is 28.3. The normalized spacial score (nSPS) is 16.1. The van der Waals surface area contributed by atoms with Gasteiger partial charge in [-0.2, -0.15) is 0 Å². The fourth-order valence-corrected chi connectivity index (χ4v) is 16.1. The summed E-state index contributed by atoms with van der Waals surface area (Å²) in [4.78, 5) is 2.65. The molecule has 2 aliphatic heterocycles. The summed E-state index contributed by atoms with van der Waals surface area (Å²) in [5.41, 5.74) is 14.6. The first kappa shape index (κ1) is 30.9. The molecule has 0 unspecified atom stereocenters. The molecule has 0 N–H and O–H groups in total. The van der Waals surface area contributed by atoms with Crippen molar-refractivity contribution in [2.75, 3.05) is 4.90 Å². The summed E-state index contributed by atoms with van der Waals surface area (Å²) in [6, 6.07) is 65.1. The van der Waals surface area contributed by atoms with Crippen LogP contribution in [0, 0.1) is 0 Å². The number of hydrogen-bond donors (Lipinski definition) is 0. The largest absolute Gasteiger partial charge is 0.309 e. The molecule has 0 radical (unpaired) electrons. The van der Waals surface area contributed by atoms with Gasteiger partial charge < -0.3 is 4.90 Å². The lowest BCUT2D eigenvalue weighted by molar-refractivity contribution is 0.660. The lowest BCUT2D eigenvalue weighted by Gasteiger charge is -2.43. The van der Waals surface area contributed by atoms with Crippen LogP contribution in [0.5, 0.6) is 0 Å². The Kier molecular flexibility index (Phi) is 6.64. The summed E-state index contributed by atoms with van der Waals surface area (Å²) in [7, 11) is -1.88. The van der Waals surface area contributed by atoms with Crippen LogP contribution in [0.2, 0.25) is 12.1 Å². The molecule has 0 amide bonds. The van der Waals surface area contributed by atoms with Crippen molar-refractivity contribution >= 4 is 57.1 Å². The molecule has 2 heteroatoms. The Morgan fingerprint density at radius 3 is 1.79 bits per heavy atom. The zero-order valence-corrected chi connectivity index (χ0v) is 31.4. The van der Waals surface area contributed by atoms with Gasteiger partial charge in [0.15, 0.2) is 0 Å². The number of fused-ring (bicyclic) bond motifs is 9. The van der Waals surface area contributed by atoms with Crippen molar-refractivity contribution in [1.82, 2.24) is 0 Å². The van der Waals surface area contributed by atoms with E-state index in [0.717, 1.165) is 0 Å². The molecular weight excluding hydrogens is 655 g/mol. The fourth-order valence-electron chi connectivity index (χ4n) is 10.6. The van der Waals surface area contributed by atoms with E-state index in [1.807, 2.05) is 0 Å². The molecule has 1 nitrogen and oxygen atoms in total. The van der Waals surface area contributed by atoms with Crippen LogP contribution in [0.3, 0.4) is 0 Å². The summed E-state index contributed by atoms with van der Waals surface area (Å²) in [5.74, 6) is 0. The van der Waals surface area contributed by atoms with Crippen LogP contribution in [0.25, 0.3) is 54.9 Å². The summed E-state index contributed by atoms with van der Waals surface area (Å²) >= 11 is 0. The van der Waals surface area contributed by atoms with Crippen molar-refractivity contribution < 1.29 is 0 Å². The number of benzene rings is 8. The van der Waals surface area contributed by atoms with Crippen molar-refractivity contribution in [1.29, 1.82) is 0 Å². The molecule has 3 aliphatic rings. The van der Waals surface area contributed by atoms with Crippen molar-refractivity contribution in [3.8, 4) is 33.4 Å². The number of para-hydroxylation sites is 2. The maximum Gasteiger partial charge on any atom is 0.123 e. The maximum absolute atomic E-state index is 2.65. The summed E-state index contributed by atoms with van der Waals surface area (Å²) < 4.78 is 0. The Labute approximate surface area is 313 Å². The van der Waals surface area contributed by atoms with Crippen molar-refractivity contribution in [3.63, 3.8) is 0 Å². The molecule has 1 fully saturated rings. The van der Waals surface area contributed by atoms with Gasteiger partial charge in [-0.1, -0.05) is 166 Å². The molecule has 0 aromatic heterocycles. The third-order valence-corrected chi connectivity index (χ3v) is 18.3. The molecule has 254 valence electrons. The van der Waals surface area contributed by atoms with Gasteiger partial charge in [-0.05, 0) is 102 Å². The molecule has 8 aromatic rings. The summed E-state index contributed by atoms with van der Waals surface area (Å²) in [6.07, 6.45) is 2.67. The second-order valence-electron chi connectivity index (χ2n) is 16.0. The van der Waals surface area contributed by atoms with E-state index in [1.54, 1.807) is 10.4 Å². The Bertz CT molecular complexity index is 2720. The standard InChI is InChI=1S/C51H41NSi/c1-51(2)43-21-9-8-18-37(43)41-33-36(27-29-44(41)51)49-38-19-6-7-20-39(38)50(40-28-26-35(32-42(40)49)34-16-4-3-5-17-34)52-45-22-10-12-24-47(45)53(30-14-15-31-53)48-25-13-11-23-46(48)52/h3-13,16-29,32-33H,14-15,30-31H2,1-2H3. The third kappa shape index (κ3) is 4.30. The van der Waals surface area contributed by atoms with Gasteiger partial charge >= 0.3 is 0 Å². The highest BCUT2D eigenvalue weighted by Crippen LogP contribution is 2.53. The Hall–Kier alpha value is -5.70. The van der Waals surface area contributed by atoms with Crippen LogP contribution < -0.4 is 15.3 Å². The Morgan fingerprint density at radius 2 is 1.04 bits per heavy atom. The molecule has 2 heterocycles. The fraction of sp³-hybridized carbons (Fsp3) is 0.137. The quantitative estimate of drug-likeness (QED) is 0.131. The lowest BCUT2D eigenvalue weighted by atomic mass is 9.81.